The van der Waals surface area contributed by atoms with E-state index in [1.807, 2.05) is 12.1 Å². The minimum absolute atomic E-state index is 0.191. The maximum absolute atomic E-state index is 12.0. The van der Waals surface area contributed by atoms with Crippen molar-refractivity contribution in [3.8, 4) is 0 Å². The van der Waals surface area contributed by atoms with Crippen molar-refractivity contribution in [3.63, 3.8) is 0 Å². The Balaban J connectivity index is 0.000000338. The van der Waals surface area contributed by atoms with Crippen LogP contribution in [0.1, 0.15) is 28.0 Å². The summed E-state index contributed by atoms with van der Waals surface area (Å²) in [5.74, 6) is 4.79. The van der Waals surface area contributed by atoms with Crippen LogP contribution in [-0.2, 0) is 23.0 Å². The largest absolute Gasteiger partial charge is 0.350 e. The Bertz CT molecular complexity index is 847. The highest BCUT2D eigenvalue weighted by molar-refractivity contribution is 7.85. The number of carbonyl (C=O) groups excluding carboxylic acids is 1. The molecule has 1 aromatic heterocycles. The molecule has 0 saturated carbocycles. The van der Waals surface area contributed by atoms with E-state index < -0.39 is 10.1 Å². The summed E-state index contributed by atoms with van der Waals surface area (Å²) in [4.78, 5) is 15.2. The number of nitrogens with two attached hydrogens (primary N) is 1. The van der Waals surface area contributed by atoms with Gasteiger partial charge in [-0.25, -0.2) is 0 Å². The van der Waals surface area contributed by atoms with Gasteiger partial charge in [-0.2, -0.15) is 13.5 Å². The molecule has 0 atom stereocenters. The molecular formula is C14H18N4O4S. The number of hydrogen-bond donors (Lipinski definition) is 4. The molecule has 1 aliphatic carbocycles. The maximum atomic E-state index is 12.0. The third-order valence-corrected chi connectivity index (χ3v) is 3.38. The molecule has 124 valence electrons. The first-order valence-electron chi connectivity index (χ1n) is 6.88. The predicted molar refractivity (Wildman–Crippen MR) is 87.9 cm³/mol. The molecule has 3 rings (SSSR count). The van der Waals surface area contributed by atoms with Gasteiger partial charge in [-0.05, 0) is 36.5 Å². The van der Waals surface area contributed by atoms with Crippen molar-refractivity contribution in [1.29, 1.82) is 0 Å². The Hall–Kier alpha value is -2.39. The number of H-pyrrole nitrogens is 1. The van der Waals surface area contributed by atoms with E-state index in [1.54, 1.807) is 0 Å². The normalized spacial score (nSPS) is 13.7. The Labute approximate surface area is 133 Å². The van der Waals surface area contributed by atoms with E-state index in [-0.39, 0.29) is 5.91 Å². The predicted octanol–water partition coefficient (Wildman–Crippen LogP) is 0.792. The second-order valence-electron chi connectivity index (χ2n) is 5.16. The van der Waals surface area contributed by atoms with Crippen molar-refractivity contribution in [1.82, 2.24) is 10.3 Å². The third-order valence-electron chi connectivity index (χ3n) is 3.38. The van der Waals surface area contributed by atoms with Gasteiger partial charge in [0.05, 0.1) is 6.26 Å². The number of hydrogen-bond acceptors (Lipinski definition) is 5. The molecule has 5 N–H and O–H groups in total. The summed E-state index contributed by atoms with van der Waals surface area (Å²) < 4.78 is 25.9. The number of benzene rings is 1. The van der Waals surface area contributed by atoms with E-state index in [0.717, 1.165) is 30.3 Å². The van der Waals surface area contributed by atoms with Gasteiger partial charge in [0.2, 0.25) is 0 Å². The number of hydrazone groups is 1. The van der Waals surface area contributed by atoms with Crippen molar-refractivity contribution in [2.75, 3.05) is 6.26 Å². The van der Waals surface area contributed by atoms with Crippen molar-refractivity contribution in [2.45, 2.75) is 19.3 Å². The monoisotopic (exact) mass is 338 g/mol. The summed E-state index contributed by atoms with van der Waals surface area (Å²) in [6, 6.07) is 6.15. The summed E-state index contributed by atoms with van der Waals surface area (Å²) in [7, 11) is -3.67. The molecule has 0 radical (unpaired) electrons. The molecule has 1 aliphatic rings. The zero-order valence-corrected chi connectivity index (χ0v) is 13.4. The van der Waals surface area contributed by atoms with Gasteiger partial charge < -0.3 is 16.1 Å². The molecule has 0 saturated heterocycles. The molecule has 1 amide bonds. The highest BCUT2D eigenvalue weighted by atomic mass is 32.2. The number of carbonyl (C=O) groups is 1. The van der Waals surface area contributed by atoms with Gasteiger partial charge in [-0.1, -0.05) is 12.1 Å². The average molecular weight is 338 g/mol. The second-order valence-corrected chi connectivity index (χ2v) is 6.62. The summed E-state index contributed by atoms with van der Waals surface area (Å²) >= 11 is 0. The Morgan fingerprint density at radius 3 is 2.78 bits per heavy atom. The zero-order chi connectivity index (χ0) is 17.0. The zero-order valence-electron chi connectivity index (χ0n) is 12.5. The van der Waals surface area contributed by atoms with Crippen LogP contribution in [0.3, 0.4) is 0 Å². The van der Waals surface area contributed by atoms with Gasteiger partial charge in [0, 0.05) is 10.9 Å². The molecule has 1 aromatic carbocycles. The van der Waals surface area contributed by atoms with Crippen molar-refractivity contribution in [3.05, 3.63) is 35.0 Å². The molecule has 0 spiro atoms. The molecule has 0 unspecified atom stereocenters. The second kappa shape index (κ2) is 6.80. The lowest BCUT2D eigenvalue weighted by Gasteiger charge is -2.12. The van der Waals surface area contributed by atoms with Gasteiger partial charge in [0.15, 0.2) is 0 Å². The minimum Gasteiger partial charge on any atom is -0.350 e. The number of aromatic nitrogens is 1. The summed E-state index contributed by atoms with van der Waals surface area (Å²) in [6.45, 7) is 0. The summed E-state index contributed by atoms with van der Waals surface area (Å²) in [6.07, 6.45) is 5.00. The van der Waals surface area contributed by atoms with E-state index in [4.69, 9.17) is 10.4 Å². The fourth-order valence-electron chi connectivity index (χ4n) is 2.67. The van der Waals surface area contributed by atoms with Crippen LogP contribution in [-0.4, -0.2) is 36.5 Å². The van der Waals surface area contributed by atoms with E-state index in [0.29, 0.717) is 11.9 Å². The first kappa shape index (κ1) is 17.0. The van der Waals surface area contributed by atoms with Gasteiger partial charge in [0.25, 0.3) is 16.0 Å². The van der Waals surface area contributed by atoms with E-state index in [2.05, 4.69) is 21.5 Å². The highest BCUT2D eigenvalue weighted by Crippen LogP contribution is 2.31. The van der Waals surface area contributed by atoms with Gasteiger partial charge >= 0.3 is 0 Å². The van der Waals surface area contributed by atoms with Crippen LogP contribution in [0.2, 0.25) is 0 Å². The molecular weight excluding hydrogens is 320 g/mol. The van der Waals surface area contributed by atoms with Crippen LogP contribution in [0.4, 0.5) is 0 Å². The lowest BCUT2D eigenvalue weighted by atomic mass is 9.91. The van der Waals surface area contributed by atoms with Gasteiger partial charge in [-0.15, -0.1) is 0 Å². The number of aromatic amines is 1. The van der Waals surface area contributed by atoms with Crippen LogP contribution < -0.4 is 11.2 Å². The SMILES string of the molecule is CS(=O)(=O)O.NN=CNC(=O)c1[nH]c2cccc3c2c1CCC3. The first-order chi connectivity index (χ1) is 10.8. The number of nitrogens with one attached hydrogen (secondary N) is 2. The standard InChI is InChI=1S/C13H14N4O.CH4O3S/c14-16-7-15-13(18)12-9-5-1-3-8-4-2-6-10(17-12)11(8)9;1-5(2,3)4/h2,4,6-7,17H,1,3,5,14H2,(H,15,16,18);1H3,(H,2,3,4). The quantitative estimate of drug-likeness (QED) is 0.211. The molecule has 1 heterocycles. The third kappa shape index (κ3) is 4.30. The van der Waals surface area contributed by atoms with Gasteiger partial charge in [0.1, 0.15) is 12.0 Å². The van der Waals surface area contributed by atoms with Crippen LogP contribution >= 0.6 is 0 Å². The van der Waals surface area contributed by atoms with Crippen molar-refractivity contribution < 1.29 is 17.8 Å². The average Bonchev–Trinajstić information content (AvgIpc) is 2.85. The molecule has 9 heteroatoms. The van der Waals surface area contributed by atoms with Gasteiger partial charge in [-0.3, -0.25) is 9.35 Å². The van der Waals surface area contributed by atoms with E-state index >= 15 is 0 Å². The lowest BCUT2D eigenvalue weighted by Crippen LogP contribution is -2.23. The number of rotatable bonds is 2. The molecule has 8 nitrogen and oxygen atoms in total. The number of nitrogens with zero attached hydrogens (tertiary/aromatic N) is 1. The molecule has 0 bridgehead atoms. The van der Waals surface area contributed by atoms with Crippen LogP contribution in [0.15, 0.2) is 23.3 Å². The topological polar surface area (TPSA) is 138 Å². The number of aryl methyl sites for hydroxylation is 2. The van der Waals surface area contributed by atoms with Crippen molar-refractivity contribution in [2.24, 2.45) is 10.9 Å². The van der Waals surface area contributed by atoms with Crippen molar-refractivity contribution >= 4 is 33.3 Å². The Morgan fingerprint density at radius 1 is 1.43 bits per heavy atom. The lowest BCUT2D eigenvalue weighted by molar-refractivity contribution is 0.0973. The molecule has 0 fully saturated rings. The first-order valence-corrected chi connectivity index (χ1v) is 8.73. The fraction of sp³-hybridized carbons (Fsp3) is 0.286. The summed E-state index contributed by atoms with van der Waals surface area (Å²) in [5, 5.41) is 7.02. The van der Waals surface area contributed by atoms with Crippen LogP contribution in [0, 0.1) is 0 Å². The minimum atomic E-state index is -3.67. The maximum Gasteiger partial charge on any atom is 0.273 e. The molecule has 0 aliphatic heterocycles. The number of amides is 1. The smallest absolute Gasteiger partial charge is 0.273 e. The highest BCUT2D eigenvalue weighted by Gasteiger charge is 2.21. The van der Waals surface area contributed by atoms with E-state index in [1.165, 1.54) is 17.3 Å². The van der Waals surface area contributed by atoms with Crippen LogP contribution in [0.25, 0.3) is 10.9 Å². The Kier molecular flexibility index (Phi) is 5.02. The fourth-order valence-corrected chi connectivity index (χ4v) is 2.67. The Morgan fingerprint density at radius 2 is 2.13 bits per heavy atom. The van der Waals surface area contributed by atoms with E-state index in [9.17, 15) is 13.2 Å². The molecule has 2 aromatic rings. The van der Waals surface area contributed by atoms with Crippen LogP contribution in [0.5, 0.6) is 0 Å². The summed E-state index contributed by atoms with van der Waals surface area (Å²) in [5.41, 5.74) is 4.07. The molecule has 23 heavy (non-hydrogen) atoms.